The highest BCUT2D eigenvalue weighted by Crippen LogP contribution is 2.29. The van der Waals surface area contributed by atoms with E-state index in [4.69, 9.17) is 10.5 Å². The van der Waals surface area contributed by atoms with E-state index in [1.54, 1.807) is 13.3 Å². The van der Waals surface area contributed by atoms with Gasteiger partial charge in [-0.2, -0.15) is 0 Å². The maximum atomic E-state index is 5.99. The predicted molar refractivity (Wildman–Crippen MR) is 120 cm³/mol. The Morgan fingerprint density at radius 1 is 1.17 bits per heavy atom. The molecule has 1 aromatic carbocycles. The lowest BCUT2D eigenvalue weighted by Gasteiger charge is -2.32. The Balaban J connectivity index is 1.98. The van der Waals surface area contributed by atoms with Gasteiger partial charge in [0.2, 0.25) is 0 Å². The normalized spacial score (nSPS) is 11.9. The maximum absolute atomic E-state index is 5.99. The van der Waals surface area contributed by atoms with Crippen LogP contribution in [0.5, 0.6) is 5.75 Å². The first-order chi connectivity index (χ1) is 14.1. The van der Waals surface area contributed by atoms with Crippen molar-refractivity contribution in [3.63, 3.8) is 0 Å². The number of hydrogen-bond acceptors (Lipinski definition) is 5. The van der Waals surface area contributed by atoms with Crippen molar-refractivity contribution in [2.75, 3.05) is 17.7 Å². The molecule has 0 saturated heterocycles. The number of pyridine rings is 2. The Morgan fingerprint density at radius 3 is 2.62 bits per heavy atom. The Hall–Kier alpha value is -3.60. The van der Waals surface area contributed by atoms with E-state index < -0.39 is 0 Å². The lowest BCUT2D eigenvalue weighted by atomic mass is 10.1. The number of nitrogen functional groups attached to an aromatic ring is 1. The van der Waals surface area contributed by atoms with Crippen LogP contribution in [-0.4, -0.2) is 23.1 Å². The SMILES string of the molecule is C=CC(/C=C/c1cccnc1N)N(Cc1ccncc1)c1ccc(OC)cc1C. The van der Waals surface area contributed by atoms with Gasteiger partial charge in [0.15, 0.2) is 0 Å². The first-order valence-corrected chi connectivity index (χ1v) is 9.44. The summed E-state index contributed by atoms with van der Waals surface area (Å²) >= 11 is 0. The van der Waals surface area contributed by atoms with Gasteiger partial charge in [-0.15, -0.1) is 6.58 Å². The van der Waals surface area contributed by atoms with E-state index in [0.29, 0.717) is 12.4 Å². The summed E-state index contributed by atoms with van der Waals surface area (Å²) in [5, 5.41) is 0. The second kappa shape index (κ2) is 9.55. The molecule has 0 saturated carbocycles. The Morgan fingerprint density at radius 2 is 1.97 bits per heavy atom. The summed E-state index contributed by atoms with van der Waals surface area (Å²) in [6, 6.07) is 13.9. The molecule has 2 heterocycles. The van der Waals surface area contributed by atoms with E-state index in [1.165, 1.54) is 0 Å². The second-order valence-electron chi connectivity index (χ2n) is 6.70. The molecule has 2 aromatic heterocycles. The van der Waals surface area contributed by atoms with Gasteiger partial charge in [-0.1, -0.05) is 18.2 Å². The molecule has 3 aromatic rings. The largest absolute Gasteiger partial charge is 0.497 e. The number of ether oxygens (including phenoxy) is 1. The number of nitrogens with zero attached hydrogens (tertiary/aromatic N) is 3. The van der Waals surface area contributed by atoms with Crippen LogP contribution < -0.4 is 15.4 Å². The van der Waals surface area contributed by atoms with Crippen molar-refractivity contribution < 1.29 is 4.74 Å². The third-order valence-electron chi connectivity index (χ3n) is 4.76. The molecule has 0 spiro atoms. The van der Waals surface area contributed by atoms with Crippen molar-refractivity contribution in [1.82, 2.24) is 9.97 Å². The third-order valence-corrected chi connectivity index (χ3v) is 4.76. The van der Waals surface area contributed by atoms with E-state index in [9.17, 15) is 0 Å². The molecule has 0 bridgehead atoms. The van der Waals surface area contributed by atoms with Crippen LogP contribution in [0, 0.1) is 6.92 Å². The summed E-state index contributed by atoms with van der Waals surface area (Å²) in [4.78, 5) is 10.6. The van der Waals surface area contributed by atoms with Gasteiger partial charge in [0.25, 0.3) is 0 Å². The molecule has 0 aliphatic heterocycles. The van der Waals surface area contributed by atoms with E-state index in [2.05, 4.69) is 40.5 Å². The van der Waals surface area contributed by atoms with Gasteiger partial charge in [-0.05, 0) is 60.5 Å². The van der Waals surface area contributed by atoms with Crippen LogP contribution in [0.4, 0.5) is 11.5 Å². The number of aromatic nitrogens is 2. The number of aryl methyl sites for hydroxylation is 1. The van der Waals surface area contributed by atoms with Crippen LogP contribution >= 0.6 is 0 Å². The zero-order chi connectivity index (χ0) is 20.6. The van der Waals surface area contributed by atoms with Crippen LogP contribution in [0.15, 0.2) is 79.8 Å². The van der Waals surface area contributed by atoms with Gasteiger partial charge in [0.05, 0.1) is 13.2 Å². The molecule has 1 unspecified atom stereocenters. The van der Waals surface area contributed by atoms with Gasteiger partial charge >= 0.3 is 0 Å². The number of rotatable bonds is 8. The molecule has 148 valence electrons. The number of nitrogens with two attached hydrogens (primary N) is 1. The highest BCUT2D eigenvalue weighted by molar-refractivity contribution is 5.64. The molecular weight excluding hydrogens is 360 g/mol. The van der Waals surface area contributed by atoms with Gasteiger partial charge in [0, 0.05) is 36.4 Å². The van der Waals surface area contributed by atoms with E-state index >= 15 is 0 Å². The fourth-order valence-corrected chi connectivity index (χ4v) is 3.20. The van der Waals surface area contributed by atoms with Crippen LogP contribution in [0.2, 0.25) is 0 Å². The highest BCUT2D eigenvalue weighted by Gasteiger charge is 2.17. The van der Waals surface area contributed by atoms with E-state index in [-0.39, 0.29) is 6.04 Å². The molecule has 5 nitrogen and oxygen atoms in total. The monoisotopic (exact) mass is 386 g/mol. The van der Waals surface area contributed by atoms with Crippen LogP contribution in [0.1, 0.15) is 16.7 Å². The molecule has 29 heavy (non-hydrogen) atoms. The molecule has 3 rings (SSSR count). The summed E-state index contributed by atoms with van der Waals surface area (Å²) in [5.41, 5.74) is 10.3. The zero-order valence-corrected chi connectivity index (χ0v) is 16.8. The third kappa shape index (κ3) is 5.02. The Bertz CT molecular complexity index is 985. The standard InChI is InChI=1S/C24H26N4O/c1-4-21(8-7-20-6-5-13-27-24(20)25)28(17-19-11-14-26-15-12-19)23-10-9-22(29-3)16-18(23)2/h4-16,21H,1,17H2,2-3H3,(H2,25,27)/b8-7+. The van der Waals surface area contributed by atoms with Crippen LogP contribution in [-0.2, 0) is 6.54 Å². The van der Waals surface area contributed by atoms with E-state index in [0.717, 1.165) is 28.1 Å². The molecule has 0 aliphatic rings. The number of anilines is 2. The molecule has 0 aliphatic carbocycles. The van der Waals surface area contributed by atoms with E-state index in [1.807, 2.05) is 60.9 Å². The van der Waals surface area contributed by atoms with Gasteiger partial charge in [0.1, 0.15) is 11.6 Å². The van der Waals surface area contributed by atoms with Crippen LogP contribution in [0.25, 0.3) is 6.08 Å². The average molecular weight is 386 g/mol. The van der Waals surface area contributed by atoms with Crippen molar-refractivity contribution in [3.05, 3.63) is 96.5 Å². The number of hydrogen-bond donors (Lipinski definition) is 1. The van der Waals surface area contributed by atoms with Crippen molar-refractivity contribution in [2.24, 2.45) is 0 Å². The molecule has 1 atom stereocenters. The molecular formula is C24H26N4O. The minimum atomic E-state index is -0.0464. The summed E-state index contributed by atoms with van der Waals surface area (Å²) in [5.74, 6) is 1.34. The summed E-state index contributed by atoms with van der Waals surface area (Å²) in [6.07, 6.45) is 11.3. The van der Waals surface area contributed by atoms with Gasteiger partial charge in [-0.3, -0.25) is 4.98 Å². The first-order valence-electron chi connectivity index (χ1n) is 9.44. The lowest BCUT2D eigenvalue weighted by molar-refractivity contribution is 0.414. The van der Waals surface area contributed by atoms with Crippen molar-refractivity contribution in [1.29, 1.82) is 0 Å². The minimum absolute atomic E-state index is 0.0464. The summed E-state index contributed by atoms with van der Waals surface area (Å²) in [6.45, 7) is 6.86. The van der Waals surface area contributed by atoms with Crippen LogP contribution in [0.3, 0.4) is 0 Å². The van der Waals surface area contributed by atoms with Crippen molar-refractivity contribution in [2.45, 2.75) is 19.5 Å². The number of benzene rings is 1. The fourth-order valence-electron chi connectivity index (χ4n) is 3.20. The molecule has 0 amide bonds. The Labute approximate surface area is 172 Å². The molecule has 0 fully saturated rings. The minimum Gasteiger partial charge on any atom is -0.497 e. The Kier molecular flexibility index (Phi) is 6.63. The van der Waals surface area contributed by atoms with Crippen molar-refractivity contribution in [3.8, 4) is 5.75 Å². The summed E-state index contributed by atoms with van der Waals surface area (Å²) < 4.78 is 5.37. The maximum Gasteiger partial charge on any atom is 0.130 e. The summed E-state index contributed by atoms with van der Waals surface area (Å²) in [7, 11) is 1.68. The smallest absolute Gasteiger partial charge is 0.130 e. The second-order valence-corrected chi connectivity index (χ2v) is 6.70. The topological polar surface area (TPSA) is 64.3 Å². The predicted octanol–water partition coefficient (Wildman–Crippen LogP) is 4.65. The molecule has 5 heteroatoms. The highest BCUT2D eigenvalue weighted by atomic mass is 16.5. The van der Waals surface area contributed by atoms with Crippen molar-refractivity contribution >= 4 is 17.6 Å². The molecule has 0 radical (unpaired) electrons. The average Bonchev–Trinajstić information content (AvgIpc) is 2.75. The first kappa shape index (κ1) is 20.1. The van der Waals surface area contributed by atoms with Gasteiger partial charge < -0.3 is 15.4 Å². The lowest BCUT2D eigenvalue weighted by Crippen LogP contribution is -2.32. The zero-order valence-electron chi connectivity index (χ0n) is 16.8. The van der Waals surface area contributed by atoms with Gasteiger partial charge in [-0.25, -0.2) is 4.98 Å². The number of methoxy groups -OCH3 is 1. The quantitative estimate of drug-likeness (QED) is 0.571. The fraction of sp³-hybridized carbons (Fsp3) is 0.167. The molecule has 2 N–H and O–H groups in total.